The van der Waals surface area contributed by atoms with Crippen molar-refractivity contribution in [2.45, 2.75) is 18.4 Å². The van der Waals surface area contributed by atoms with Crippen LogP contribution in [0.25, 0.3) is 10.9 Å². The van der Waals surface area contributed by atoms with E-state index in [4.69, 9.17) is 0 Å². The van der Waals surface area contributed by atoms with Crippen molar-refractivity contribution in [2.24, 2.45) is 0 Å². The Morgan fingerprint density at radius 2 is 1.59 bits per heavy atom. The first-order valence-electron chi connectivity index (χ1n) is 9.36. The minimum Gasteiger partial charge on any atom is -0.368 e. The van der Waals surface area contributed by atoms with Crippen molar-refractivity contribution in [2.75, 3.05) is 11.9 Å². The molecule has 1 aromatic heterocycles. The highest BCUT2D eigenvalue weighted by Gasteiger charge is 2.35. The van der Waals surface area contributed by atoms with E-state index in [0.717, 1.165) is 11.8 Å². The molecule has 0 radical (unpaired) electrons. The van der Waals surface area contributed by atoms with Gasteiger partial charge >= 0.3 is 0 Å². The molecule has 2 nitrogen and oxygen atoms in total. The molecule has 5 rings (SSSR count). The molecule has 1 aliphatic rings. The Morgan fingerprint density at radius 1 is 0.852 bits per heavy atom. The molecule has 0 spiro atoms. The number of nitrogens with zero attached hydrogens (tertiary/aromatic N) is 1. The van der Waals surface area contributed by atoms with Gasteiger partial charge in [-0.25, -0.2) is 4.39 Å². The van der Waals surface area contributed by atoms with Crippen LogP contribution in [0.3, 0.4) is 0 Å². The topological polar surface area (TPSA) is 19.0 Å². The zero-order valence-electron chi connectivity index (χ0n) is 15.2. The lowest BCUT2D eigenvalue weighted by Crippen LogP contribution is -2.22. The van der Waals surface area contributed by atoms with Crippen molar-refractivity contribution in [1.82, 2.24) is 4.98 Å². The van der Waals surface area contributed by atoms with Gasteiger partial charge in [0.2, 0.25) is 0 Å². The lowest BCUT2D eigenvalue weighted by atomic mass is 9.92. The number of H-pyrrole nitrogens is 1. The molecule has 134 valence electrons. The van der Waals surface area contributed by atoms with E-state index in [-0.39, 0.29) is 11.7 Å². The van der Waals surface area contributed by atoms with Crippen LogP contribution < -0.4 is 4.90 Å². The zero-order chi connectivity index (χ0) is 18.4. The fraction of sp³-hybridized carbons (Fsp3) is 0.167. The van der Waals surface area contributed by atoms with Crippen LogP contribution >= 0.6 is 0 Å². The summed E-state index contributed by atoms with van der Waals surface area (Å²) in [6, 6.07) is 24.8. The van der Waals surface area contributed by atoms with Crippen LogP contribution in [0, 0.1) is 5.82 Å². The molecule has 0 fully saturated rings. The summed E-state index contributed by atoms with van der Waals surface area (Å²) >= 11 is 0. The Kier molecular flexibility index (Phi) is 3.75. The minimum absolute atomic E-state index is 0.192. The summed E-state index contributed by atoms with van der Waals surface area (Å²) in [5, 5.41) is 0.984. The summed E-state index contributed by atoms with van der Waals surface area (Å²) < 4.78 is 14.2. The summed E-state index contributed by atoms with van der Waals surface area (Å²) in [5.41, 5.74) is 5.70. The van der Waals surface area contributed by atoms with Crippen LogP contribution in [0.5, 0.6) is 0 Å². The standard InChI is InChI=1S/C24H21FN2/c1-27(16-8-3-2-4-9-16)23-14-20(17-10-5-6-11-18(17)23)21-15-26-24-19(21)12-7-13-22(24)25/h2-13,15,20,23,26H,14H2,1H3. The maximum atomic E-state index is 14.2. The van der Waals surface area contributed by atoms with Gasteiger partial charge in [0.05, 0.1) is 11.6 Å². The number of hydrogen-bond donors (Lipinski definition) is 1. The summed E-state index contributed by atoms with van der Waals surface area (Å²) in [5.74, 6) is 0.0656. The van der Waals surface area contributed by atoms with Gasteiger partial charge in [0.1, 0.15) is 5.82 Å². The first-order chi connectivity index (χ1) is 13.2. The molecule has 0 bridgehead atoms. The number of nitrogens with one attached hydrogen (secondary N) is 1. The van der Waals surface area contributed by atoms with E-state index in [2.05, 4.69) is 65.5 Å². The molecule has 2 unspecified atom stereocenters. The fourth-order valence-corrected chi connectivity index (χ4v) is 4.54. The number of aromatic nitrogens is 1. The molecule has 1 aliphatic carbocycles. The van der Waals surface area contributed by atoms with Crippen LogP contribution in [-0.4, -0.2) is 12.0 Å². The highest BCUT2D eigenvalue weighted by Crippen LogP contribution is 2.48. The van der Waals surface area contributed by atoms with Crippen molar-refractivity contribution in [3.63, 3.8) is 0 Å². The number of anilines is 1. The predicted molar refractivity (Wildman–Crippen MR) is 109 cm³/mol. The average Bonchev–Trinajstić information content (AvgIpc) is 3.30. The second-order valence-electron chi connectivity index (χ2n) is 7.29. The molecule has 1 N–H and O–H groups in total. The van der Waals surface area contributed by atoms with Gasteiger partial charge < -0.3 is 9.88 Å². The van der Waals surface area contributed by atoms with Crippen molar-refractivity contribution >= 4 is 16.6 Å². The van der Waals surface area contributed by atoms with E-state index in [1.54, 1.807) is 6.07 Å². The number of hydrogen-bond acceptors (Lipinski definition) is 1. The maximum Gasteiger partial charge on any atom is 0.147 e. The number of fused-ring (bicyclic) bond motifs is 2. The Morgan fingerprint density at radius 3 is 2.41 bits per heavy atom. The molecule has 1 heterocycles. The normalized spacial score (nSPS) is 18.6. The van der Waals surface area contributed by atoms with Crippen LogP contribution in [-0.2, 0) is 0 Å². The Balaban J connectivity index is 1.60. The van der Waals surface area contributed by atoms with Crippen LogP contribution in [0.15, 0.2) is 79.0 Å². The van der Waals surface area contributed by atoms with Crippen molar-refractivity contribution in [1.29, 1.82) is 0 Å². The highest BCUT2D eigenvalue weighted by molar-refractivity contribution is 5.85. The number of benzene rings is 3. The van der Waals surface area contributed by atoms with Gasteiger partial charge in [-0.3, -0.25) is 0 Å². The molecule has 0 saturated carbocycles. The Labute approximate surface area is 158 Å². The van der Waals surface area contributed by atoms with Gasteiger partial charge in [-0.1, -0.05) is 54.6 Å². The van der Waals surface area contributed by atoms with Gasteiger partial charge in [0.15, 0.2) is 0 Å². The van der Waals surface area contributed by atoms with E-state index in [9.17, 15) is 4.39 Å². The van der Waals surface area contributed by atoms with Gasteiger partial charge in [-0.15, -0.1) is 0 Å². The summed E-state index contributed by atoms with van der Waals surface area (Å²) in [6.45, 7) is 0. The van der Waals surface area contributed by atoms with Gasteiger partial charge in [-0.2, -0.15) is 0 Å². The smallest absolute Gasteiger partial charge is 0.147 e. The molecule has 2 atom stereocenters. The van der Waals surface area contributed by atoms with Crippen LogP contribution in [0.2, 0.25) is 0 Å². The summed E-state index contributed by atoms with van der Waals surface area (Å²) in [4.78, 5) is 5.51. The van der Waals surface area contributed by atoms with Crippen molar-refractivity contribution in [3.05, 3.63) is 102 Å². The van der Waals surface area contributed by atoms with E-state index in [0.29, 0.717) is 11.6 Å². The molecule has 0 aliphatic heterocycles. The Bertz CT molecular complexity index is 1100. The maximum absolute atomic E-state index is 14.2. The van der Waals surface area contributed by atoms with Crippen molar-refractivity contribution in [3.8, 4) is 0 Å². The van der Waals surface area contributed by atoms with E-state index in [1.165, 1.54) is 28.4 Å². The summed E-state index contributed by atoms with van der Waals surface area (Å²) in [7, 11) is 2.16. The molecule has 4 aromatic rings. The SMILES string of the molecule is CN(c1ccccc1)C1CC(c2c[nH]c3c(F)cccc23)c2ccccc21. The van der Waals surface area contributed by atoms with E-state index in [1.807, 2.05) is 18.3 Å². The van der Waals surface area contributed by atoms with E-state index < -0.39 is 0 Å². The minimum atomic E-state index is -0.192. The first-order valence-corrected chi connectivity index (χ1v) is 9.36. The largest absolute Gasteiger partial charge is 0.368 e. The summed E-state index contributed by atoms with van der Waals surface area (Å²) in [6.07, 6.45) is 2.97. The third-order valence-corrected chi connectivity index (χ3v) is 5.89. The van der Waals surface area contributed by atoms with Gasteiger partial charge in [0.25, 0.3) is 0 Å². The fourth-order valence-electron chi connectivity index (χ4n) is 4.54. The molecule has 27 heavy (non-hydrogen) atoms. The number of halogens is 1. The first kappa shape index (κ1) is 16.1. The molecular weight excluding hydrogens is 335 g/mol. The van der Waals surface area contributed by atoms with Crippen LogP contribution in [0.1, 0.15) is 35.1 Å². The molecular formula is C24H21FN2. The monoisotopic (exact) mass is 356 g/mol. The third-order valence-electron chi connectivity index (χ3n) is 5.89. The molecule has 3 aromatic carbocycles. The molecule has 3 heteroatoms. The highest BCUT2D eigenvalue weighted by atomic mass is 19.1. The third kappa shape index (κ3) is 2.54. The predicted octanol–water partition coefficient (Wildman–Crippen LogP) is 6.02. The lowest BCUT2D eigenvalue weighted by molar-refractivity contribution is 0.627. The molecule has 0 amide bonds. The van der Waals surface area contributed by atoms with Crippen LogP contribution in [0.4, 0.5) is 10.1 Å². The number of para-hydroxylation sites is 2. The second-order valence-corrected chi connectivity index (χ2v) is 7.29. The number of aromatic amines is 1. The lowest BCUT2D eigenvalue weighted by Gasteiger charge is -2.28. The molecule has 0 saturated heterocycles. The van der Waals surface area contributed by atoms with Crippen molar-refractivity contribution < 1.29 is 4.39 Å². The second kappa shape index (κ2) is 6.27. The zero-order valence-corrected chi connectivity index (χ0v) is 15.2. The average molecular weight is 356 g/mol. The van der Waals surface area contributed by atoms with Gasteiger partial charge in [0, 0.05) is 30.2 Å². The van der Waals surface area contributed by atoms with Gasteiger partial charge in [-0.05, 0) is 41.3 Å². The quantitative estimate of drug-likeness (QED) is 0.475. The number of rotatable bonds is 3. The van der Waals surface area contributed by atoms with E-state index >= 15 is 0 Å². The Hall–Kier alpha value is -3.07.